The summed E-state index contributed by atoms with van der Waals surface area (Å²) < 4.78 is 39.3. The van der Waals surface area contributed by atoms with Crippen molar-refractivity contribution in [3.63, 3.8) is 0 Å². The molecule has 0 saturated heterocycles. The lowest BCUT2D eigenvalue weighted by Gasteiger charge is -2.19. The Kier molecular flexibility index (Phi) is 10.1. The van der Waals surface area contributed by atoms with Crippen molar-refractivity contribution in [2.45, 2.75) is 18.6 Å². The second-order valence-corrected chi connectivity index (χ2v) is 11.6. The van der Waals surface area contributed by atoms with Crippen LogP contribution in [0.25, 0.3) is 22.2 Å². The van der Waals surface area contributed by atoms with E-state index in [0.29, 0.717) is 40.9 Å². The van der Waals surface area contributed by atoms with Crippen LogP contribution in [0.5, 0.6) is 0 Å². The third-order valence-corrected chi connectivity index (χ3v) is 8.19. The number of aromatic nitrogens is 3. The van der Waals surface area contributed by atoms with Crippen molar-refractivity contribution in [2.24, 2.45) is 0 Å². The highest BCUT2D eigenvalue weighted by Gasteiger charge is 2.30. The number of anilines is 1. The molecule has 3 aromatic heterocycles. The molecule has 9 nitrogen and oxygen atoms in total. The topological polar surface area (TPSA) is 117 Å². The van der Waals surface area contributed by atoms with Crippen molar-refractivity contribution in [3.8, 4) is 11.3 Å². The van der Waals surface area contributed by atoms with Crippen LogP contribution >= 0.6 is 0 Å². The first-order valence-corrected chi connectivity index (χ1v) is 15.9. The summed E-state index contributed by atoms with van der Waals surface area (Å²) in [4.78, 5) is 54.9. The Bertz CT molecular complexity index is 2180. The SMILES string of the molecule is CN(C(=O)c1cccnc1-c1ccc(C(F)(F)F)cc1)c1ccc2cc(C(=O)N[C@H](C(=O)NCCc3ccccc3)c3ccccn3)ccc2n1. The summed E-state index contributed by atoms with van der Waals surface area (Å²) >= 11 is 0. The molecule has 3 aromatic carbocycles. The summed E-state index contributed by atoms with van der Waals surface area (Å²) in [7, 11) is 1.53. The molecule has 3 heterocycles. The number of nitrogens with zero attached hydrogens (tertiary/aromatic N) is 4. The number of carbonyl (C=O) groups is 3. The van der Waals surface area contributed by atoms with Gasteiger partial charge in [0.1, 0.15) is 5.82 Å². The summed E-state index contributed by atoms with van der Waals surface area (Å²) in [5, 5.41) is 6.31. The molecule has 6 aromatic rings. The smallest absolute Gasteiger partial charge is 0.354 e. The minimum Gasteiger partial charge on any atom is -0.354 e. The van der Waals surface area contributed by atoms with Crippen molar-refractivity contribution < 1.29 is 27.6 Å². The largest absolute Gasteiger partial charge is 0.416 e. The number of halogens is 3. The Balaban J connectivity index is 1.17. The predicted molar refractivity (Wildman–Crippen MR) is 187 cm³/mol. The standard InChI is InChI=1S/C39H31F3N6O3/c1-48(38(51)30-10-7-22-44-34(30)26-12-16-29(17-13-26)39(40,41)42)33-19-15-27-24-28(14-18-31(27)46-33)36(49)47-35(32-11-5-6-21-43-32)37(50)45-23-20-25-8-3-2-4-9-25/h2-19,21-22,24,35H,20,23H2,1H3,(H,45,50)(H,47,49)/t35-/m0/s1. The van der Waals surface area contributed by atoms with E-state index in [-0.39, 0.29) is 16.8 Å². The predicted octanol–water partition coefficient (Wildman–Crippen LogP) is 6.82. The van der Waals surface area contributed by atoms with Crippen molar-refractivity contribution in [1.29, 1.82) is 0 Å². The van der Waals surface area contributed by atoms with Gasteiger partial charge in [-0.2, -0.15) is 13.2 Å². The third-order valence-electron chi connectivity index (χ3n) is 8.19. The van der Waals surface area contributed by atoms with Crippen molar-refractivity contribution in [3.05, 3.63) is 156 Å². The molecule has 0 saturated carbocycles. The fourth-order valence-electron chi connectivity index (χ4n) is 5.46. The molecule has 6 rings (SSSR count). The Morgan fingerprint density at radius 3 is 2.27 bits per heavy atom. The molecule has 0 bridgehead atoms. The number of nitrogens with one attached hydrogen (secondary N) is 2. The van der Waals surface area contributed by atoms with Gasteiger partial charge in [0.05, 0.1) is 28.0 Å². The van der Waals surface area contributed by atoms with E-state index in [2.05, 4.69) is 25.6 Å². The molecule has 1 atom stereocenters. The first-order chi connectivity index (χ1) is 24.6. The molecule has 0 unspecified atom stereocenters. The molecule has 0 fully saturated rings. The normalized spacial score (nSPS) is 11.8. The lowest BCUT2D eigenvalue weighted by molar-refractivity contribution is -0.137. The number of alkyl halides is 3. The van der Waals surface area contributed by atoms with E-state index in [4.69, 9.17) is 0 Å². The number of hydrogen-bond acceptors (Lipinski definition) is 6. The molecule has 0 aliphatic heterocycles. The van der Waals surface area contributed by atoms with Crippen LogP contribution < -0.4 is 15.5 Å². The van der Waals surface area contributed by atoms with E-state index in [1.54, 1.807) is 66.9 Å². The number of hydrogen-bond donors (Lipinski definition) is 2. The lowest BCUT2D eigenvalue weighted by atomic mass is 10.0. The number of carbonyl (C=O) groups excluding carboxylic acids is 3. The third kappa shape index (κ3) is 8.07. The number of rotatable bonds is 10. The molecule has 12 heteroatoms. The molecule has 3 amide bonds. The average molecular weight is 689 g/mol. The zero-order valence-electron chi connectivity index (χ0n) is 27.3. The second-order valence-electron chi connectivity index (χ2n) is 11.6. The molecule has 0 aliphatic rings. The number of amides is 3. The Morgan fingerprint density at radius 1 is 0.804 bits per heavy atom. The van der Waals surface area contributed by atoms with E-state index in [1.807, 2.05) is 30.3 Å². The molecule has 0 spiro atoms. The molecular weight excluding hydrogens is 657 g/mol. The maximum absolute atomic E-state index is 13.6. The van der Waals surface area contributed by atoms with Crippen LogP contribution in [0.1, 0.15) is 43.6 Å². The minimum atomic E-state index is -4.49. The summed E-state index contributed by atoms with van der Waals surface area (Å²) in [6.45, 7) is 0.375. The van der Waals surface area contributed by atoms with Gasteiger partial charge in [-0.25, -0.2) is 4.98 Å². The van der Waals surface area contributed by atoms with Crippen molar-refractivity contribution in [2.75, 3.05) is 18.5 Å². The lowest BCUT2D eigenvalue weighted by Crippen LogP contribution is -2.41. The van der Waals surface area contributed by atoms with Gasteiger partial charge in [-0.1, -0.05) is 48.5 Å². The Morgan fingerprint density at radius 2 is 1.55 bits per heavy atom. The second kappa shape index (κ2) is 15.0. The highest BCUT2D eigenvalue weighted by Crippen LogP contribution is 2.32. The zero-order chi connectivity index (χ0) is 36.0. The van der Waals surface area contributed by atoms with Crippen LogP contribution in [0.15, 0.2) is 128 Å². The van der Waals surface area contributed by atoms with Gasteiger partial charge in [0, 0.05) is 42.5 Å². The summed E-state index contributed by atoms with van der Waals surface area (Å²) in [5.74, 6) is -1.06. The van der Waals surface area contributed by atoms with Gasteiger partial charge in [0.15, 0.2) is 6.04 Å². The van der Waals surface area contributed by atoms with Crippen LogP contribution in [0.4, 0.5) is 19.0 Å². The molecule has 2 N–H and O–H groups in total. The molecule has 256 valence electrons. The maximum atomic E-state index is 13.6. The van der Waals surface area contributed by atoms with Gasteiger partial charge in [-0.05, 0) is 78.7 Å². The number of benzene rings is 3. The van der Waals surface area contributed by atoms with Gasteiger partial charge >= 0.3 is 6.18 Å². The summed E-state index contributed by atoms with van der Waals surface area (Å²) in [6, 6.07) is 29.6. The Labute approximate surface area is 291 Å². The first kappa shape index (κ1) is 34.4. The van der Waals surface area contributed by atoms with Crippen molar-refractivity contribution in [1.82, 2.24) is 25.6 Å². The highest BCUT2D eigenvalue weighted by atomic mass is 19.4. The first-order valence-electron chi connectivity index (χ1n) is 15.9. The fraction of sp³-hybridized carbons (Fsp3) is 0.128. The van der Waals surface area contributed by atoms with Crippen LogP contribution in [0.3, 0.4) is 0 Å². The quantitative estimate of drug-likeness (QED) is 0.163. The van der Waals surface area contributed by atoms with Crippen LogP contribution in [-0.4, -0.2) is 46.3 Å². The van der Waals surface area contributed by atoms with E-state index < -0.39 is 35.5 Å². The van der Waals surface area contributed by atoms with E-state index in [0.717, 1.165) is 17.7 Å². The average Bonchev–Trinajstić information content (AvgIpc) is 3.16. The Hall–Kier alpha value is -6.43. The zero-order valence-corrected chi connectivity index (χ0v) is 27.3. The van der Waals surface area contributed by atoms with Gasteiger partial charge < -0.3 is 10.6 Å². The van der Waals surface area contributed by atoms with Gasteiger partial charge in [-0.3, -0.25) is 29.3 Å². The van der Waals surface area contributed by atoms with E-state index in [1.165, 1.54) is 30.3 Å². The minimum absolute atomic E-state index is 0.181. The number of pyridine rings is 3. The van der Waals surface area contributed by atoms with Crippen LogP contribution in [-0.2, 0) is 17.4 Å². The maximum Gasteiger partial charge on any atom is 0.416 e. The summed E-state index contributed by atoms with van der Waals surface area (Å²) in [6.07, 6.45) is -0.854. The molecule has 0 radical (unpaired) electrons. The van der Waals surface area contributed by atoms with Crippen LogP contribution in [0.2, 0.25) is 0 Å². The highest BCUT2D eigenvalue weighted by molar-refractivity contribution is 6.09. The van der Waals surface area contributed by atoms with Crippen molar-refractivity contribution >= 4 is 34.4 Å². The van der Waals surface area contributed by atoms with E-state index >= 15 is 0 Å². The molecular formula is C39H31F3N6O3. The summed E-state index contributed by atoms with van der Waals surface area (Å²) in [5.41, 5.74) is 2.20. The monoisotopic (exact) mass is 688 g/mol. The van der Waals surface area contributed by atoms with E-state index in [9.17, 15) is 27.6 Å². The van der Waals surface area contributed by atoms with Gasteiger partial charge in [0.25, 0.3) is 11.8 Å². The molecule has 51 heavy (non-hydrogen) atoms. The van der Waals surface area contributed by atoms with Gasteiger partial charge in [-0.15, -0.1) is 0 Å². The van der Waals surface area contributed by atoms with Gasteiger partial charge in [0.2, 0.25) is 5.91 Å². The number of fused-ring (bicyclic) bond motifs is 1. The fourth-order valence-corrected chi connectivity index (χ4v) is 5.46. The van der Waals surface area contributed by atoms with Crippen LogP contribution in [0, 0.1) is 0 Å². The molecule has 0 aliphatic carbocycles.